The number of rotatable bonds is 4. The third-order valence-electron chi connectivity index (χ3n) is 1.87. The molecule has 0 aliphatic rings. The Morgan fingerprint density at radius 2 is 2.29 bits per heavy atom. The molecule has 0 fully saturated rings. The molecule has 2 aromatic rings. The van der Waals surface area contributed by atoms with Crippen molar-refractivity contribution in [1.29, 1.82) is 0 Å². The van der Waals surface area contributed by atoms with E-state index in [2.05, 4.69) is 20.3 Å². The van der Waals surface area contributed by atoms with Crippen LogP contribution < -0.4 is 10.1 Å². The van der Waals surface area contributed by atoms with E-state index in [1.807, 2.05) is 6.92 Å². The summed E-state index contributed by atoms with van der Waals surface area (Å²) >= 11 is 5.80. The predicted octanol–water partition coefficient (Wildman–Crippen LogP) is 2.75. The number of halogens is 1. The number of ether oxygens (including phenoxy) is 1. The Morgan fingerprint density at radius 3 is 3.06 bits per heavy atom. The molecule has 0 unspecified atom stereocenters. The number of aromatic nitrogens is 3. The predicted molar refractivity (Wildman–Crippen MR) is 65.5 cm³/mol. The van der Waals surface area contributed by atoms with E-state index < -0.39 is 0 Å². The molecule has 0 radical (unpaired) electrons. The molecule has 0 aliphatic heterocycles. The van der Waals surface area contributed by atoms with Gasteiger partial charge in [0, 0.05) is 31.1 Å². The van der Waals surface area contributed by atoms with Crippen molar-refractivity contribution < 1.29 is 4.74 Å². The molecule has 0 saturated heterocycles. The summed E-state index contributed by atoms with van der Waals surface area (Å²) in [6.45, 7) is 2.72. The highest BCUT2D eigenvalue weighted by Gasteiger charge is 2.02. The van der Waals surface area contributed by atoms with Crippen molar-refractivity contribution in [3.8, 4) is 11.6 Å². The Hall–Kier alpha value is -1.88. The summed E-state index contributed by atoms with van der Waals surface area (Å²) in [5, 5.41) is 3.52. The number of pyridine rings is 1. The summed E-state index contributed by atoms with van der Waals surface area (Å²) in [4.78, 5) is 12.1. The summed E-state index contributed by atoms with van der Waals surface area (Å²) in [7, 11) is 0. The molecule has 2 rings (SSSR count). The van der Waals surface area contributed by atoms with E-state index in [1.54, 1.807) is 30.7 Å². The maximum absolute atomic E-state index is 5.80. The molecule has 0 spiro atoms. The van der Waals surface area contributed by atoms with Gasteiger partial charge >= 0.3 is 0 Å². The molecule has 6 heteroatoms. The Labute approximate surface area is 104 Å². The van der Waals surface area contributed by atoms with Crippen LogP contribution in [0.2, 0.25) is 5.02 Å². The average molecular weight is 251 g/mol. The van der Waals surface area contributed by atoms with E-state index in [1.165, 1.54) is 0 Å². The fourth-order valence-electron chi connectivity index (χ4n) is 1.21. The van der Waals surface area contributed by atoms with Crippen molar-refractivity contribution in [3.63, 3.8) is 0 Å². The molecule has 2 heterocycles. The minimum atomic E-state index is 0.444. The quantitative estimate of drug-likeness (QED) is 0.904. The summed E-state index contributed by atoms with van der Waals surface area (Å²) in [6, 6.07) is 3.34. The van der Waals surface area contributed by atoms with Gasteiger partial charge in [-0.3, -0.25) is 4.98 Å². The third kappa shape index (κ3) is 3.29. The number of hydrogen-bond donors (Lipinski definition) is 1. The van der Waals surface area contributed by atoms with Crippen LogP contribution in [0.5, 0.6) is 11.6 Å². The zero-order chi connectivity index (χ0) is 12.1. The fourth-order valence-corrected chi connectivity index (χ4v) is 1.38. The highest BCUT2D eigenvalue weighted by molar-refractivity contribution is 6.30. The van der Waals surface area contributed by atoms with Gasteiger partial charge in [0.25, 0.3) is 0 Å². The maximum atomic E-state index is 5.80. The van der Waals surface area contributed by atoms with Crippen LogP contribution in [0.4, 0.5) is 5.95 Å². The lowest BCUT2D eigenvalue weighted by atomic mass is 10.4. The maximum Gasteiger partial charge on any atom is 0.225 e. The van der Waals surface area contributed by atoms with E-state index >= 15 is 0 Å². The minimum absolute atomic E-state index is 0.444. The highest BCUT2D eigenvalue weighted by Crippen LogP contribution is 2.21. The number of anilines is 1. The second-order valence-electron chi connectivity index (χ2n) is 3.19. The van der Waals surface area contributed by atoms with Crippen molar-refractivity contribution >= 4 is 17.5 Å². The Kier molecular flexibility index (Phi) is 3.72. The first-order chi connectivity index (χ1) is 8.28. The van der Waals surface area contributed by atoms with Gasteiger partial charge in [0.1, 0.15) is 5.75 Å². The van der Waals surface area contributed by atoms with E-state index in [4.69, 9.17) is 16.3 Å². The second-order valence-corrected chi connectivity index (χ2v) is 3.63. The fraction of sp³-hybridized carbons (Fsp3) is 0.182. The van der Waals surface area contributed by atoms with E-state index in [0.717, 1.165) is 6.54 Å². The van der Waals surface area contributed by atoms with Crippen molar-refractivity contribution in [3.05, 3.63) is 35.7 Å². The smallest absolute Gasteiger partial charge is 0.225 e. The van der Waals surface area contributed by atoms with Gasteiger partial charge < -0.3 is 10.1 Å². The van der Waals surface area contributed by atoms with Crippen LogP contribution >= 0.6 is 11.6 Å². The van der Waals surface area contributed by atoms with Gasteiger partial charge in [-0.2, -0.15) is 4.98 Å². The molecular weight excluding hydrogens is 240 g/mol. The zero-order valence-corrected chi connectivity index (χ0v) is 9.98. The molecule has 17 heavy (non-hydrogen) atoms. The summed E-state index contributed by atoms with van der Waals surface area (Å²) < 4.78 is 5.51. The molecule has 0 atom stereocenters. The van der Waals surface area contributed by atoms with Crippen LogP contribution in [0.25, 0.3) is 0 Å². The first-order valence-electron chi connectivity index (χ1n) is 5.13. The summed E-state index contributed by atoms with van der Waals surface area (Å²) in [5.41, 5.74) is 0. The van der Waals surface area contributed by atoms with Crippen LogP contribution in [0.1, 0.15) is 6.92 Å². The van der Waals surface area contributed by atoms with Crippen molar-refractivity contribution in [2.45, 2.75) is 6.92 Å². The van der Waals surface area contributed by atoms with Crippen molar-refractivity contribution in [2.24, 2.45) is 0 Å². The molecular formula is C11H11ClN4O. The summed E-state index contributed by atoms with van der Waals surface area (Å²) in [5.74, 6) is 1.51. The molecule has 88 valence electrons. The molecule has 2 aromatic heterocycles. The SMILES string of the molecule is CCNc1nccc(Oc2cncc(Cl)c2)n1. The largest absolute Gasteiger partial charge is 0.437 e. The van der Waals surface area contributed by atoms with Crippen LogP contribution in [0.3, 0.4) is 0 Å². The molecule has 0 saturated carbocycles. The molecule has 0 aliphatic carbocycles. The minimum Gasteiger partial charge on any atom is -0.437 e. The molecule has 0 bridgehead atoms. The number of nitrogens with zero attached hydrogens (tertiary/aromatic N) is 3. The monoisotopic (exact) mass is 250 g/mol. The molecule has 5 nitrogen and oxygen atoms in total. The lowest BCUT2D eigenvalue weighted by Crippen LogP contribution is -2.02. The van der Waals surface area contributed by atoms with Crippen LogP contribution in [0, 0.1) is 0 Å². The Morgan fingerprint density at radius 1 is 1.41 bits per heavy atom. The van der Waals surface area contributed by atoms with Gasteiger partial charge in [-0.15, -0.1) is 0 Å². The zero-order valence-electron chi connectivity index (χ0n) is 9.22. The topological polar surface area (TPSA) is 59.9 Å². The summed E-state index contributed by atoms with van der Waals surface area (Å²) in [6.07, 6.45) is 4.73. The van der Waals surface area contributed by atoms with Crippen LogP contribution in [-0.4, -0.2) is 21.5 Å². The first-order valence-corrected chi connectivity index (χ1v) is 5.51. The van der Waals surface area contributed by atoms with E-state index in [9.17, 15) is 0 Å². The normalized spacial score (nSPS) is 10.0. The highest BCUT2D eigenvalue weighted by atomic mass is 35.5. The Bertz CT molecular complexity index is 506. The third-order valence-corrected chi connectivity index (χ3v) is 2.07. The van der Waals surface area contributed by atoms with E-state index in [0.29, 0.717) is 22.6 Å². The molecule has 1 N–H and O–H groups in total. The van der Waals surface area contributed by atoms with Gasteiger partial charge in [0.15, 0.2) is 0 Å². The molecule has 0 aromatic carbocycles. The van der Waals surface area contributed by atoms with Gasteiger partial charge in [-0.05, 0) is 6.92 Å². The van der Waals surface area contributed by atoms with Gasteiger partial charge in [-0.1, -0.05) is 11.6 Å². The van der Waals surface area contributed by atoms with Gasteiger partial charge in [0.05, 0.1) is 11.2 Å². The first kappa shape index (κ1) is 11.6. The lowest BCUT2D eigenvalue weighted by molar-refractivity contribution is 0.460. The molecule has 0 amide bonds. The lowest BCUT2D eigenvalue weighted by Gasteiger charge is -2.06. The number of nitrogens with one attached hydrogen (secondary N) is 1. The van der Waals surface area contributed by atoms with Gasteiger partial charge in [-0.25, -0.2) is 4.98 Å². The van der Waals surface area contributed by atoms with Crippen molar-refractivity contribution in [2.75, 3.05) is 11.9 Å². The standard InChI is InChI=1S/C11H11ClN4O/c1-2-14-11-15-4-3-10(16-11)17-9-5-8(12)6-13-7-9/h3-7H,2H2,1H3,(H,14,15,16). The van der Waals surface area contributed by atoms with E-state index in [-0.39, 0.29) is 0 Å². The van der Waals surface area contributed by atoms with Crippen molar-refractivity contribution in [1.82, 2.24) is 15.0 Å². The second kappa shape index (κ2) is 5.45. The van der Waals surface area contributed by atoms with Crippen LogP contribution in [0.15, 0.2) is 30.7 Å². The number of hydrogen-bond acceptors (Lipinski definition) is 5. The van der Waals surface area contributed by atoms with Crippen LogP contribution in [-0.2, 0) is 0 Å². The average Bonchev–Trinajstić information content (AvgIpc) is 2.30. The van der Waals surface area contributed by atoms with Gasteiger partial charge in [0.2, 0.25) is 11.8 Å². The Balaban J connectivity index is 2.15.